The highest BCUT2D eigenvalue weighted by Gasteiger charge is 2.41. The number of aromatic nitrogens is 1. The van der Waals surface area contributed by atoms with Crippen molar-refractivity contribution in [3.63, 3.8) is 0 Å². The smallest absolute Gasteiger partial charge is 0.410 e. The molecule has 3 atom stereocenters. The Morgan fingerprint density at radius 2 is 2.07 bits per heavy atom. The molecule has 1 aromatic rings. The molecule has 3 heterocycles. The van der Waals surface area contributed by atoms with Gasteiger partial charge in [-0.05, 0) is 44.7 Å². The molecule has 1 aromatic heterocycles. The van der Waals surface area contributed by atoms with E-state index in [2.05, 4.69) is 11.1 Å². The van der Waals surface area contributed by atoms with Gasteiger partial charge in [0.05, 0.1) is 18.2 Å². The number of carbonyl (C=O) groups is 2. The Balaban J connectivity index is 1.67. The molecule has 0 spiro atoms. The van der Waals surface area contributed by atoms with Gasteiger partial charge in [-0.15, -0.1) is 0 Å². The number of rotatable bonds is 2. The van der Waals surface area contributed by atoms with Crippen molar-refractivity contribution in [2.75, 3.05) is 19.7 Å². The van der Waals surface area contributed by atoms with Gasteiger partial charge in [-0.25, -0.2) is 9.86 Å². The maximum atomic E-state index is 13.2. The zero-order valence-electron chi connectivity index (χ0n) is 17.4. The molecule has 2 saturated heterocycles. The van der Waals surface area contributed by atoms with Crippen LogP contribution in [-0.2, 0) is 14.4 Å². The SMILES string of the molecule is C[C@@H]1CN(C(=O)OC(C)(C)C)CC[C@H]1C(=O)N1OCC[C@H]1c1cncc(C#N)c1. The summed E-state index contributed by atoms with van der Waals surface area (Å²) < 4.78 is 5.45. The number of piperidine rings is 1. The maximum Gasteiger partial charge on any atom is 0.410 e. The summed E-state index contributed by atoms with van der Waals surface area (Å²) in [6.45, 7) is 8.87. The van der Waals surface area contributed by atoms with Crippen LogP contribution in [0.1, 0.15) is 57.7 Å². The molecule has 156 valence electrons. The van der Waals surface area contributed by atoms with E-state index in [0.29, 0.717) is 38.1 Å². The molecule has 2 aliphatic heterocycles. The third-order valence-electron chi connectivity index (χ3n) is 5.27. The van der Waals surface area contributed by atoms with E-state index in [1.165, 1.54) is 11.3 Å². The van der Waals surface area contributed by atoms with Crippen LogP contribution in [0.15, 0.2) is 18.5 Å². The summed E-state index contributed by atoms with van der Waals surface area (Å²) in [5.41, 5.74) is 0.713. The number of pyridine rings is 1. The number of hydrogen-bond acceptors (Lipinski definition) is 6. The lowest BCUT2D eigenvalue weighted by atomic mass is 9.85. The number of hydroxylamine groups is 2. The van der Waals surface area contributed by atoms with Crippen molar-refractivity contribution >= 4 is 12.0 Å². The summed E-state index contributed by atoms with van der Waals surface area (Å²) in [5.74, 6) is -0.329. The fraction of sp³-hybridized carbons (Fsp3) is 0.619. The molecule has 0 bridgehead atoms. The predicted molar refractivity (Wildman–Crippen MR) is 104 cm³/mol. The van der Waals surface area contributed by atoms with Gasteiger partial charge in [-0.3, -0.25) is 14.6 Å². The molecule has 2 amide bonds. The second-order valence-electron chi connectivity index (χ2n) is 8.72. The number of carbonyl (C=O) groups excluding carboxylic acids is 2. The van der Waals surface area contributed by atoms with Crippen molar-refractivity contribution in [1.29, 1.82) is 5.26 Å². The molecule has 0 aromatic carbocycles. The standard InChI is InChI=1S/C21H28N4O4/c1-14-13-24(20(27)29-21(2,3)4)7-5-17(14)19(26)25-18(6-8-28-25)16-9-15(10-22)11-23-12-16/h9,11-12,14,17-18H,5-8,13H2,1-4H3/t14-,17-,18+/m1/s1. The Bertz CT molecular complexity index is 814. The molecule has 8 heteroatoms. The van der Waals surface area contributed by atoms with Crippen molar-refractivity contribution in [2.45, 2.75) is 52.2 Å². The third kappa shape index (κ3) is 4.85. The molecule has 29 heavy (non-hydrogen) atoms. The second-order valence-corrected chi connectivity index (χ2v) is 8.72. The van der Waals surface area contributed by atoms with E-state index in [0.717, 1.165) is 5.56 Å². The fourth-order valence-electron chi connectivity index (χ4n) is 3.86. The first-order chi connectivity index (χ1) is 13.7. The summed E-state index contributed by atoms with van der Waals surface area (Å²) in [4.78, 5) is 37.0. The van der Waals surface area contributed by atoms with Crippen LogP contribution in [0.3, 0.4) is 0 Å². The van der Waals surface area contributed by atoms with Gasteiger partial charge in [-0.2, -0.15) is 5.26 Å². The summed E-state index contributed by atoms with van der Waals surface area (Å²) in [7, 11) is 0. The number of nitriles is 1. The van der Waals surface area contributed by atoms with Crippen LogP contribution >= 0.6 is 0 Å². The minimum Gasteiger partial charge on any atom is -0.444 e. The van der Waals surface area contributed by atoms with Crippen LogP contribution in [0.25, 0.3) is 0 Å². The van der Waals surface area contributed by atoms with Gasteiger partial charge in [0.15, 0.2) is 0 Å². The molecular weight excluding hydrogens is 372 g/mol. The first-order valence-electron chi connectivity index (χ1n) is 9.98. The lowest BCUT2D eigenvalue weighted by molar-refractivity contribution is -0.185. The molecule has 8 nitrogen and oxygen atoms in total. The minimum atomic E-state index is -0.546. The van der Waals surface area contributed by atoms with Gasteiger partial charge in [0, 0.05) is 37.8 Å². The largest absolute Gasteiger partial charge is 0.444 e. The first-order valence-corrected chi connectivity index (χ1v) is 9.98. The monoisotopic (exact) mass is 400 g/mol. The molecule has 0 radical (unpaired) electrons. The Morgan fingerprint density at radius 3 is 2.72 bits per heavy atom. The molecule has 3 rings (SSSR count). The summed E-state index contributed by atoms with van der Waals surface area (Å²) in [6, 6.07) is 3.58. The van der Waals surface area contributed by atoms with Crippen molar-refractivity contribution in [1.82, 2.24) is 14.9 Å². The summed E-state index contributed by atoms with van der Waals surface area (Å²) in [6.07, 6.45) is 4.05. The van der Waals surface area contributed by atoms with Gasteiger partial charge >= 0.3 is 6.09 Å². The maximum absolute atomic E-state index is 13.2. The lowest BCUT2D eigenvalue weighted by Gasteiger charge is -2.38. The fourth-order valence-corrected chi connectivity index (χ4v) is 3.86. The second kappa shape index (κ2) is 8.37. The summed E-state index contributed by atoms with van der Waals surface area (Å²) >= 11 is 0. The minimum absolute atomic E-state index is 0.0165. The Labute approximate surface area is 171 Å². The molecule has 0 aliphatic carbocycles. The van der Waals surface area contributed by atoms with E-state index < -0.39 is 5.60 Å². The van der Waals surface area contributed by atoms with E-state index in [1.54, 1.807) is 17.2 Å². The number of amides is 2. The van der Waals surface area contributed by atoms with Gasteiger partial charge in [-0.1, -0.05) is 6.92 Å². The Kier molecular flexibility index (Phi) is 6.08. The van der Waals surface area contributed by atoms with Gasteiger partial charge in [0.2, 0.25) is 5.91 Å². The highest BCUT2D eigenvalue weighted by Crippen LogP contribution is 2.35. The molecule has 0 N–H and O–H groups in total. The van der Waals surface area contributed by atoms with Gasteiger partial charge in [0.1, 0.15) is 11.7 Å². The number of nitrogens with zero attached hydrogens (tertiary/aromatic N) is 4. The van der Waals surface area contributed by atoms with Crippen molar-refractivity contribution in [3.8, 4) is 6.07 Å². The van der Waals surface area contributed by atoms with Gasteiger partial charge in [0.25, 0.3) is 0 Å². The summed E-state index contributed by atoms with van der Waals surface area (Å²) in [5, 5.41) is 10.6. The Hall–Kier alpha value is -2.66. The van der Waals surface area contributed by atoms with E-state index in [-0.39, 0.29) is 29.9 Å². The van der Waals surface area contributed by atoms with Crippen LogP contribution in [0.5, 0.6) is 0 Å². The normalized spacial score (nSPS) is 24.9. The molecule has 0 saturated carbocycles. The van der Waals surface area contributed by atoms with Crippen LogP contribution in [0, 0.1) is 23.2 Å². The third-order valence-corrected chi connectivity index (χ3v) is 5.27. The Morgan fingerprint density at radius 1 is 1.31 bits per heavy atom. The van der Waals surface area contributed by atoms with Crippen LogP contribution in [-0.4, -0.2) is 52.2 Å². The first kappa shape index (κ1) is 21.1. The molecular formula is C21H28N4O4. The predicted octanol–water partition coefficient (Wildman–Crippen LogP) is 3.05. The average Bonchev–Trinajstić information content (AvgIpc) is 3.16. The number of likely N-dealkylation sites (tertiary alicyclic amines) is 1. The lowest BCUT2D eigenvalue weighted by Crippen LogP contribution is -2.49. The molecule has 2 aliphatic rings. The quantitative estimate of drug-likeness (QED) is 0.757. The van der Waals surface area contributed by atoms with E-state index in [4.69, 9.17) is 14.8 Å². The number of ether oxygens (including phenoxy) is 1. The van der Waals surface area contributed by atoms with Crippen LogP contribution < -0.4 is 0 Å². The molecule has 0 unspecified atom stereocenters. The van der Waals surface area contributed by atoms with Crippen molar-refractivity contribution in [2.24, 2.45) is 11.8 Å². The highest BCUT2D eigenvalue weighted by molar-refractivity contribution is 5.79. The topological polar surface area (TPSA) is 95.8 Å². The van der Waals surface area contributed by atoms with Crippen molar-refractivity contribution < 1.29 is 19.2 Å². The zero-order chi connectivity index (χ0) is 21.2. The zero-order valence-corrected chi connectivity index (χ0v) is 17.4. The van der Waals surface area contributed by atoms with E-state index >= 15 is 0 Å². The van der Waals surface area contributed by atoms with Crippen LogP contribution in [0.2, 0.25) is 0 Å². The number of hydrogen-bond donors (Lipinski definition) is 0. The van der Waals surface area contributed by atoms with E-state index in [1.807, 2.05) is 27.7 Å². The molecule has 2 fully saturated rings. The highest BCUT2D eigenvalue weighted by atomic mass is 16.7. The average molecular weight is 400 g/mol. The van der Waals surface area contributed by atoms with Crippen molar-refractivity contribution in [3.05, 3.63) is 29.6 Å². The van der Waals surface area contributed by atoms with Gasteiger partial charge < -0.3 is 9.64 Å². The van der Waals surface area contributed by atoms with E-state index in [9.17, 15) is 9.59 Å². The van der Waals surface area contributed by atoms with Crippen LogP contribution in [0.4, 0.5) is 4.79 Å².